The Morgan fingerprint density at radius 2 is 1.68 bits per heavy atom. The predicted molar refractivity (Wildman–Crippen MR) is 102 cm³/mol. The van der Waals surface area contributed by atoms with E-state index in [1.807, 2.05) is 43.3 Å². The molecule has 0 aromatic heterocycles. The van der Waals surface area contributed by atoms with Crippen LogP contribution in [0.2, 0.25) is 0 Å². The predicted octanol–water partition coefficient (Wildman–Crippen LogP) is 4.96. The second-order valence-corrected chi connectivity index (χ2v) is 6.45. The molecule has 25 heavy (non-hydrogen) atoms. The molecule has 0 aliphatic carbocycles. The van der Waals surface area contributed by atoms with Gasteiger partial charge in [0, 0.05) is 0 Å². The molecule has 0 spiro atoms. The van der Waals surface area contributed by atoms with Gasteiger partial charge in [0.1, 0.15) is 5.75 Å². The Labute approximate surface area is 148 Å². The average molecular weight is 333 g/mol. The minimum absolute atomic E-state index is 0.0794. The molecule has 128 valence electrons. The molecule has 0 fully saturated rings. The van der Waals surface area contributed by atoms with Crippen LogP contribution in [0.15, 0.2) is 54.6 Å². The molecule has 1 atom stereocenters. The highest BCUT2D eigenvalue weighted by atomic mass is 16.5. The zero-order chi connectivity index (χ0) is 18.0. The summed E-state index contributed by atoms with van der Waals surface area (Å²) >= 11 is 0. The Morgan fingerprint density at radius 1 is 1.00 bits per heavy atom. The van der Waals surface area contributed by atoms with Crippen LogP contribution < -0.4 is 10.1 Å². The molecule has 3 aromatic rings. The Hall–Kier alpha value is -2.81. The van der Waals surface area contributed by atoms with Gasteiger partial charge >= 0.3 is 0 Å². The van der Waals surface area contributed by atoms with Crippen LogP contribution in [-0.2, 0) is 0 Å². The number of hydrogen-bond donors (Lipinski definition) is 1. The number of aryl methyl sites for hydroxylation is 2. The number of nitrogens with one attached hydrogen (secondary N) is 1. The van der Waals surface area contributed by atoms with Crippen LogP contribution in [0.3, 0.4) is 0 Å². The molecule has 3 rings (SSSR count). The zero-order valence-electron chi connectivity index (χ0n) is 15.1. The fourth-order valence-electron chi connectivity index (χ4n) is 3.23. The SMILES string of the molecule is COc1cc2ccccc2cc1C(=O)NC(C)c1ccc(C)cc1C. The Bertz CT molecular complexity index is 930. The number of carbonyl (C=O) groups is 1. The Balaban J connectivity index is 1.91. The van der Waals surface area contributed by atoms with E-state index in [1.54, 1.807) is 7.11 Å². The third-order valence-corrected chi connectivity index (χ3v) is 4.55. The molecule has 0 saturated heterocycles. The van der Waals surface area contributed by atoms with Crippen LogP contribution in [0.5, 0.6) is 5.75 Å². The summed E-state index contributed by atoms with van der Waals surface area (Å²) in [4.78, 5) is 12.8. The van der Waals surface area contributed by atoms with E-state index in [-0.39, 0.29) is 11.9 Å². The fraction of sp³-hybridized carbons (Fsp3) is 0.227. The monoisotopic (exact) mass is 333 g/mol. The molecule has 1 amide bonds. The van der Waals surface area contributed by atoms with Crippen molar-refractivity contribution in [2.75, 3.05) is 7.11 Å². The highest BCUT2D eigenvalue weighted by Gasteiger charge is 2.17. The normalized spacial score (nSPS) is 12.0. The van der Waals surface area contributed by atoms with E-state index < -0.39 is 0 Å². The van der Waals surface area contributed by atoms with Crippen molar-refractivity contribution in [1.29, 1.82) is 0 Å². The van der Waals surface area contributed by atoms with E-state index >= 15 is 0 Å². The van der Waals surface area contributed by atoms with Crippen LogP contribution in [0.4, 0.5) is 0 Å². The summed E-state index contributed by atoms with van der Waals surface area (Å²) < 4.78 is 5.44. The first-order valence-electron chi connectivity index (χ1n) is 8.44. The number of methoxy groups -OCH3 is 1. The van der Waals surface area contributed by atoms with Gasteiger partial charge in [0.05, 0.1) is 18.7 Å². The lowest BCUT2D eigenvalue weighted by Gasteiger charge is -2.18. The molecular weight excluding hydrogens is 310 g/mol. The van der Waals surface area contributed by atoms with Crippen molar-refractivity contribution in [3.05, 3.63) is 76.9 Å². The van der Waals surface area contributed by atoms with E-state index in [1.165, 1.54) is 11.1 Å². The molecule has 3 heteroatoms. The summed E-state index contributed by atoms with van der Waals surface area (Å²) in [6.45, 7) is 6.14. The van der Waals surface area contributed by atoms with Crippen LogP contribution >= 0.6 is 0 Å². The summed E-state index contributed by atoms with van der Waals surface area (Å²) in [5, 5.41) is 5.17. The van der Waals surface area contributed by atoms with Gasteiger partial charge in [0.25, 0.3) is 5.91 Å². The molecule has 0 saturated carbocycles. The van der Waals surface area contributed by atoms with Gasteiger partial charge in [-0.15, -0.1) is 0 Å². The molecular formula is C22H23NO2. The van der Waals surface area contributed by atoms with Gasteiger partial charge in [-0.3, -0.25) is 4.79 Å². The van der Waals surface area contributed by atoms with Gasteiger partial charge < -0.3 is 10.1 Å². The summed E-state index contributed by atoms with van der Waals surface area (Å²) in [5.74, 6) is 0.458. The van der Waals surface area contributed by atoms with Gasteiger partial charge in [0.2, 0.25) is 0 Å². The third kappa shape index (κ3) is 3.50. The molecule has 1 unspecified atom stereocenters. The number of amides is 1. The van der Waals surface area contributed by atoms with Crippen molar-refractivity contribution in [2.45, 2.75) is 26.8 Å². The van der Waals surface area contributed by atoms with Crippen molar-refractivity contribution in [1.82, 2.24) is 5.32 Å². The molecule has 3 aromatic carbocycles. The molecule has 1 N–H and O–H groups in total. The minimum Gasteiger partial charge on any atom is -0.496 e. The quantitative estimate of drug-likeness (QED) is 0.733. The van der Waals surface area contributed by atoms with Gasteiger partial charge in [-0.25, -0.2) is 0 Å². The highest BCUT2D eigenvalue weighted by Crippen LogP contribution is 2.27. The van der Waals surface area contributed by atoms with Crippen molar-refractivity contribution >= 4 is 16.7 Å². The molecule has 0 bridgehead atoms. The first-order chi connectivity index (χ1) is 12.0. The van der Waals surface area contributed by atoms with Crippen molar-refractivity contribution < 1.29 is 9.53 Å². The van der Waals surface area contributed by atoms with Gasteiger partial charge in [-0.05, 0) is 54.8 Å². The van der Waals surface area contributed by atoms with E-state index in [9.17, 15) is 4.79 Å². The van der Waals surface area contributed by atoms with Crippen LogP contribution in [0.25, 0.3) is 10.8 Å². The van der Waals surface area contributed by atoms with E-state index in [4.69, 9.17) is 4.74 Å². The topological polar surface area (TPSA) is 38.3 Å². The fourth-order valence-corrected chi connectivity index (χ4v) is 3.23. The number of hydrogen-bond acceptors (Lipinski definition) is 2. The molecule has 0 radical (unpaired) electrons. The lowest BCUT2D eigenvalue weighted by molar-refractivity contribution is 0.0937. The van der Waals surface area contributed by atoms with E-state index in [2.05, 4.69) is 37.4 Å². The van der Waals surface area contributed by atoms with Crippen LogP contribution in [0, 0.1) is 13.8 Å². The van der Waals surface area contributed by atoms with Crippen molar-refractivity contribution in [3.63, 3.8) is 0 Å². The maximum Gasteiger partial charge on any atom is 0.255 e. The summed E-state index contributed by atoms with van der Waals surface area (Å²) in [6, 6.07) is 18.0. The van der Waals surface area contributed by atoms with E-state index in [0.717, 1.165) is 16.3 Å². The minimum atomic E-state index is -0.130. The molecule has 3 nitrogen and oxygen atoms in total. The lowest BCUT2D eigenvalue weighted by Crippen LogP contribution is -2.27. The summed E-state index contributed by atoms with van der Waals surface area (Å²) in [5.41, 5.74) is 4.07. The second kappa shape index (κ2) is 6.98. The Kier molecular flexibility index (Phi) is 4.75. The maximum absolute atomic E-state index is 12.8. The van der Waals surface area contributed by atoms with Crippen LogP contribution in [0.1, 0.15) is 40.0 Å². The van der Waals surface area contributed by atoms with Crippen molar-refractivity contribution in [3.8, 4) is 5.75 Å². The van der Waals surface area contributed by atoms with Crippen LogP contribution in [-0.4, -0.2) is 13.0 Å². The molecule has 0 aliphatic rings. The maximum atomic E-state index is 12.8. The number of fused-ring (bicyclic) bond motifs is 1. The number of carbonyl (C=O) groups excluding carboxylic acids is 1. The first-order valence-corrected chi connectivity index (χ1v) is 8.44. The average Bonchev–Trinajstić information content (AvgIpc) is 2.60. The summed E-state index contributed by atoms with van der Waals surface area (Å²) in [6.07, 6.45) is 0. The van der Waals surface area contributed by atoms with Gasteiger partial charge in [-0.1, -0.05) is 48.0 Å². The zero-order valence-corrected chi connectivity index (χ0v) is 15.1. The van der Waals surface area contributed by atoms with Gasteiger partial charge in [-0.2, -0.15) is 0 Å². The third-order valence-electron chi connectivity index (χ3n) is 4.55. The molecule has 0 heterocycles. The smallest absolute Gasteiger partial charge is 0.255 e. The Morgan fingerprint density at radius 3 is 2.32 bits per heavy atom. The number of benzene rings is 3. The summed E-state index contributed by atoms with van der Waals surface area (Å²) in [7, 11) is 1.59. The van der Waals surface area contributed by atoms with E-state index in [0.29, 0.717) is 11.3 Å². The number of ether oxygens (including phenoxy) is 1. The largest absolute Gasteiger partial charge is 0.496 e. The lowest BCUT2D eigenvalue weighted by atomic mass is 9.99. The first kappa shape index (κ1) is 17.0. The van der Waals surface area contributed by atoms with Crippen molar-refractivity contribution in [2.24, 2.45) is 0 Å². The van der Waals surface area contributed by atoms with Gasteiger partial charge in [0.15, 0.2) is 0 Å². The standard InChI is InChI=1S/C22H23NO2/c1-14-9-10-19(15(2)11-14)16(3)23-22(24)20-12-17-7-5-6-8-18(17)13-21(20)25-4/h5-13,16H,1-4H3,(H,23,24). The second-order valence-electron chi connectivity index (χ2n) is 6.45. The molecule has 0 aliphatic heterocycles. The number of rotatable bonds is 4. The highest BCUT2D eigenvalue weighted by molar-refractivity contribution is 6.01.